The lowest BCUT2D eigenvalue weighted by molar-refractivity contribution is 0.0761. The van der Waals surface area contributed by atoms with Crippen molar-refractivity contribution in [1.82, 2.24) is 5.32 Å². The molecule has 3 heteroatoms. The van der Waals surface area contributed by atoms with Gasteiger partial charge in [-0.1, -0.05) is 30.3 Å². The molecule has 96 valence electrons. The SMILES string of the molecule is COCC(NCCOC(C)C)c1ccccc1. The van der Waals surface area contributed by atoms with Crippen LogP contribution in [0.2, 0.25) is 0 Å². The standard InChI is InChI=1S/C14H23NO2/c1-12(2)17-10-9-15-14(11-16-3)13-7-5-4-6-8-13/h4-8,12,14-15H,9-11H2,1-3H3. The number of rotatable bonds is 8. The first-order valence-electron chi connectivity index (χ1n) is 6.13. The van der Waals surface area contributed by atoms with Crippen molar-refractivity contribution in [3.8, 4) is 0 Å². The van der Waals surface area contributed by atoms with Gasteiger partial charge in [0.25, 0.3) is 0 Å². The molecule has 0 heterocycles. The van der Waals surface area contributed by atoms with Crippen molar-refractivity contribution in [3.05, 3.63) is 35.9 Å². The first kappa shape index (κ1) is 14.2. The topological polar surface area (TPSA) is 30.5 Å². The number of nitrogens with one attached hydrogen (secondary N) is 1. The van der Waals surface area contributed by atoms with Gasteiger partial charge in [-0.05, 0) is 19.4 Å². The third-order valence-electron chi connectivity index (χ3n) is 2.48. The highest BCUT2D eigenvalue weighted by Crippen LogP contribution is 2.12. The average molecular weight is 237 g/mol. The Morgan fingerprint density at radius 3 is 2.47 bits per heavy atom. The van der Waals surface area contributed by atoms with Crippen molar-refractivity contribution in [2.75, 3.05) is 26.9 Å². The summed E-state index contributed by atoms with van der Waals surface area (Å²) in [6.07, 6.45) is 0.286. The highest BCUT2D eigenvalue weighted by Gasteiger charge is 2.09. The number of ether oxygens (including phenoxy) is 2. The van der Waals surface area contributed by atoms with Crippen LogP contribution < -0.4 is 5.32 Å². The molecule has 0 saturated carbocycles. The zero-order valence-electron chi connectivity index (χ0n) is 11.0. The largest absolute Gasteiger partial charge is 0.383 e. The molecule has 0 fully saturated rings. The number of methoxy groups -OCH3 is 1. The first-order chi connectivity index (χ1) is 8.24. The highest BCUT2D eigenvalue weighted by atomic mass is 16.5. The molecular formula is C14H23NO2. The smallest absolute Gasteiger partial charge is 0.0657 e. The lowest BCUT2D eigenvalue weighted by Crippen LogP contribution is -2.29. The van der Waals surface area contributed by atoms with E-state index >= 15 is 0 Å². The van der Waals surface area contributed by atoms with Crippen molar-refractivity contribution < 1.29 is 9.47 Å². The molecule has 1 unspecified atom stereocenters. The van der Waals surface area contributed by atoms with Crippen LogP contribution in [-0.4, -0.2) is 33.0 Å². The Labute approximate surface area is 104 Å². The zero-order chi connectivity index (χ0) is 12.5. The number of hydrogen-bond acceptors (Lipinski definition) is 3. The fourth-order valence-corrected chi connectivity index (χ4v) is 1.65. The van der Waals surface area contributed by atoms with E-state index in [9.17, 15) is 0 Å². The van der Waals surface area contributed by atoms with E-state index in [1.165, 1.54) is 5.56 Å². The van der Waals surface area contributed by atoms with Gasteiger partial charge in [0.2, 0.25) is 0 Å². The van der Waals surface area contributed by atoms with Gasteiger partial charge in [0, 0.05) is 13.7 Å². The average Bonchev–Trinajstić information content (AvgIpc) is 2.34. The van der Waals surface area contributed by atoms with E-state index in [-0.39, 0.29) is 12.1 Å². The second-order valence-corrected chi connectivity index (χ2v) is 4.29. The van der Waals surface area contributed by atoms with Gasteiger partial charge >= 0.3 is 0 Å². The molecule has 0 aliphatic rings. The normalized spacial score (nSPS) is 12.9. The number of benzene rings is 1. The van der Waals surface area contributed by atoms with Crippen LogP contribution >= 0.6 is 0 Å². The summed E-state index contributed by atoms with van der Waals surface area (Å²) >= 11 is 0. The molecule has 0 radical (unpaired) electrons. The van der Waals surface area contributed by atoms with Gasteiger partial charge in [0.1, 0.15) is 0 Å². The third-order valence-corrected chi connectivity index (χ3v) is 2.48. The molecule has 0 spiro atoms. The van der Waals surface area contributed by atoms with Crippen LogP contribution in [0.25, 0.3) is 0 Å². The Bertz CT molecular complexity index is 288. The zero-order valence-corrected chi connectivity index (χ0v) is 11.0. The van der Waals surface area contributed by atoms with E-state index in [0.717, 1.165) is 13.2 Å². The van der Waals surface area contributed by atoms with Crippen molar-refractivity contribution in [3.63, 3.8) is 0 Å². The van der Waals surface area contributed by atoms with Crippen molar-refractivity contribution in [2.45, 2.75) is 26.0 Å². The molecule has 0 bridgehead atoms. The van der Waals surface area contributed by atoms with Crippen LogP contribution in [0.3, 0.4) is 0 Å². The van der Waals surface area contributed by atoms with Crippen LogP contribution in [0, 0.1) is 0 Å². The van der Waals surface area contributed by atoms with Crippen LogP contribution in [-0.2, 0) is 9.47 Å². The Morgan fingerprint density at radius 1 is 1.18 bits per heavy atom. The van der Waals surface area contributed by atoms with Gasteiger partial charge in [-0.3, -0.25) is 0 Å². The van der Waals surface area contributed by atoms with Crippen molar-refractivity contribution in [2.24, 2.45) is 0 Å². The Hall–Kier alpha value is -0.900. The Balaban J connectivity index is 2.39. The summed E-state index contributed by atoms with van der Waals surface area (Å²) in [6.45, 7) is 6.32. The minimum atomic E-state index is 0.233. The molecule has 0 aliphatic heterocycles. The summed E-state index contributed by atoms with van der Waals surface area (Å²) in [7, 11) is 1.72. The third kappa shape index (κ3) is 5.82. The maximum Gasteiger partial charge on any atom is 0.0657 e. The van der Waals surface area contributed by atoms with Gasteiger partial charge in [0.15, 0.2) is 0 Å². The molecule has 0 amide bonds. The van der Waals surface area contributed by atoms with Crippen molar-refractivity contribution in [1.29, 1.82) is 0 Å². The van der Waals surface area contributed by atoms with E-state index in [1.807, 2.05) is 32.0 Å². The first-order valence-corrected chi connectivity index (χ1v) is 6.13. The highest BCUT2D eigenvalue weighted by molar-refractivity contribution is 5.18. The van der Waals surface area contributed by atoms with E-state index in [1.54, 1.807) is 7.11 Å². The molecule has 17 heavy (non-hydrogen) atoms. The van der Waals surface area contributed by atoms with Crippen LogP contribution in [0.4, 0.5) is 0 Å². The predicted molar refractivity (Wildman–Crippen MR) is 70.1 cm³/mol. The molecule has 1 N–H and O–H groups in total. The minimum absolute atomic E-state index is 0.233. The monoisotopic (exact) mass is 237 g/mol. The molecule has 1 atom stereocenters. The van der Waals surface area contributed by atoms with Gasteiger partial charge in [-0.2, -0.15) is 0 Å². The van der Waals surface area contributed by atoms with E-state index in [0.29, 0.717) is 6.61 Å². The summed E-state index contributed by atoms with van der Waals surface area (Å²) in [5, 5.41) is 3.44. The fraction of sp³-hybridized carbons (Fsp3) is 0.571. The molecule has 0 aromatic heterocycles. The second-order valence-electron chi connectivity index (χ2n) is 4.29. The molecule has 0 saturated heterocycles. The predicted octanol–water partition coefficient (Wildman–Crippen LogP) is 2.39. The van der Waals surface area contributed by atoms with Crippen LogP contribution in [0.5, 0.6) is 0 Å². The summed E-state index contributed by atoms with van der Waals surface area (Å²) in [6, 6.07) is 10.6. The Morgan fingerprint density at radius 2 is 1.88 bits per heavy atom. The maximum atomic E-state index is 5.50. The van der Waals surface area contributed by atoms with Gasteiger partial charge < -0.3 is 14.8 Å². The molecular weight excluding hydrogens is 214 g/mol. The van der Waals surface area contributed by atoms with Gasteiger partial charge in [0.05, 0.1) is 25.4 Å². The molecule has 1 aromatic rings. The summed E-state index contributed by atoms with van der Waals surface area (Å²) in [4.78, 5) is 0. The Kier molecular flexibility index (Phi) is 6.86. The van der Waals surface area contributed by atoms with Crippen molar-refractivity contribution >= 4 is 0 Å². The molecule has 1 rings (SSSR count). The van der Waals surface area contributed by atoms with Gasteiger partial charge in [-0.25, -0.2) is 0 Å². The molecule has 0 aliphatic carbocycles. The summed E-state index contributed by atoms with van der Waals surface area (Å²) in [5.41, 5.74) is 1.25. The lowest BCUT2D eigenvalue weighted by Gasteiger charge is -2.18. The minimum Gasteiger partial charge on any atom is -0.383 e. The molecule has 1 aromatic carbocycles. The number of hydrogen-bond donors (Lipinski definition) is 1. The van der Waals surface area contributed by atoms with E-state index in [2.05, 4.69) is 17.4 Å². The molecule has 3 nitrogen and oxygen atoms in total. The summed E-state index contributed by atoms with van der Waals surface area (Å²) < 4.78 is 10.7. The van der Waals surface area contributed by atoms with E-state index in [4.69, 9.17) is 9.47 Å². The lowest BCUT2D eigenvalue weighted by atomic mass is 10.1. The fourth-order valence-electron chi connectivity index (χ4n) is 1.65. The van der Waals surface area contributed by atoms with Gasteiger partial charge in [-0.15, -0.1) is 0 Å². The quantitative estimate of drug-likeness (QED) is 0.704. The maximum absolute atomic E-state index is 5.50. The summed E-state index contributed by atoms with van der Waals surface area (Å²) in [5.74, 6) is 0. The van der Waals surface area contributed by atoms with Crippen LogP contribution in [0.1, 0.15) is 25.5 Å². The van der Waals surface area contributed by atoms with E-state index < -0.39 is 0 Å². The van der Waals surface area contributed by atoms with Crippen LogP contribution in [0.15, 0.2) is 30.3 Å². The second kappa shape index (κ2) is 8.23.